The van der Waals surface area contributed by atoms with Crippen molar-refractivity contribution < 1.29 is 4.79 Å². The molecular formula is C10H20N2O. The fourth-order valence-corrected chi connectivity index (χ4v) is 1.42. The summed E-state index contributed by atoms with van der Waals surface area (Å²) < 4.78 is 0. The van der Waals surface area contributed by atoms with E-state index in [-0.39, 0.29) is 5.91 Å². The first-order chi connectivity index (χ1) is 6.03. The van der Waals surface area contributed by atoms with Gasteiger partial charge in [-0.05, 0) is 40.7 Å². The number of likely N-dealkylation sites (N-methyl/N-ethyl adjacent to an activating group) is 2. The molecule has 1 N–H and O–H groups in total. The van der Waals surface area contributed by atoms with Crippen molar-refractivity contribution >= 4 is 5.91 Å². The minimum atomic E-state index is -0.418. The maximum atomic E-state index is 12.0. The Labute approximate surface area is 80.5 Å². The molecule has 0 bridgehead atoms. The normalized spacial score (nSPS) is 17.2. The highest BCUT2D eigenvalue weighted by Gasteiger charge is 2.37. The van der Waals surface area contributed by atoms with Crippen LogP contribution < -0.4 is 5.32 Å². The van der Waals surface area contributed by atoms with E-state index in [0.29, 0.717) is 6.04 Å². The predicted octanol–water partition coefficient (Wildman–Crippen LogP) is 0.995. The van der Waals surface area contributed by atoms with Gasteiger partial charge in [-0.25, -0.2) is 0 Å². The van der Waals surface area contributed by atoms with Crippen molar-refractivity contribution in [3.05, 3.63) is 0 Å². The van der Waals surface area contributed by atoms with E-state index in [1.54, 1.807) is 0 Å². The van der Waals surface area contributed by atoms with E-state index in [2.05, 4.69) is 5.32 Å². The van der Waals surface area contributed by atoms with E-state index in [9.17, 15) is 4.79 Å². The Morgan fingerprint density at radius 2 is 2.08 bits per heavy atom. The van der Waals surface area contributed by atoms with E-state index in [1.807, 2.05) is 32.7 Å². The van der Waals surface area contributed by atoms with Crippen LogP contribution in [0.4, 0.5) is 0 Å². The molecule has 1 rings (SSSR count). The molecule has 13 heavy (non-hydrogen) atoms. The Bertz CT molecular complexity index is 197. The van der Waals surface area contributed by atoms with Crippen LogP contribution in [-0.2, 0) is 4.79 Å². The van der Waals surface area contributed by atoms with Crippen molar-refractivity contribution in [3.63, 3.8) is 0 Å². The zero-order valence-corrected chi connectivity index (χ0v) is 9.05. The SMILES string of the molecule is CCN(C(=O)C(C)(C)NC)C1CC1. The van der Waals surface area contributed by atoms with Crippen LogP contribution in [0.15, 0.2) is 0 Å². The van der Waals surface area contributed by atoms with Gasteiger partial charge in [0.05, 0.1) is 5.54 Å². The van der Waals surface area contributed by atoms with Gasteiger partial charge in [0.1, 0.15) is 0 Å². The second kappa shape index (κ2) is 3.66. The Morgan fingerprint density at radius 3 is 2.38 bits per heavy atom. The van der Waals surface area contributed by atoms with E-state index in [0.717, 1.165) is 6.54 Å². The van der Waals surface area contributed by atoms with Crippen molar-refractivity contribution in [1.29, 1.82) is 0 Å². The van der Waals surface area contributed by atoms with Gasteiger partial charge in [-0.15, -0.1) is 0 Å². The van der Waals surface area contributed by atoms with Crippen molar-refractivity contribution in [1.82, 2.24) is 10.2 Å². The van der Waals surface area contributed by atoms with Gasteiger partial charge in [0.15, 0.2) is 0 Å². The fraction of sp³-hybridized carbons (Fsp3) is 0.900. The third-order valence-corrected chi connectivity index (χ3v) is 2.75. The summed E-state index contributed by atoms with van der Waals surface area (Å²) in [5.41, 5.74) is -0.418. The molecule has 76 valence electrons. The second-order valence-electron chi connectivity index (χ2n) is 4.20. The molecule has 0 aliphatic heterocycles. The first-order valence-electron chi connectivity index (χ1n) is 5.03. The third-order valence-electron chi connectivity index (χ3n) is 2.75. The fourth-order valence-electron chi connectivity index (χ4n) is 1.42. The minimum absolute atomic E-state index is 0.222. The smallest absolute Gasteiger partial charge is 0.242 e. The molecule has 1 aliphatic rings. The summed E-state index contributed by atoms with van der Waals surface area (Å²) in [5, 5.41) is 3.05. The lowest BCUT2D eigenvalue weighted by Crippen LogP contribution is -2.53. The van der Waals surface area contributed by atoms with E-state index < -0.39 is 5.54 Å². The molecule has 1 aliphatic carbocycles. The average molecular weight is 184 g/mol. The molecular weight excluding hydrogens is 164 g/mol. The van der Waals surface area contributed by atoms with Crippen molar-refractivity contribution in [2.75, 3.05) is 13.6 Å². The molecule has 0 aromatic carbocycles. The molecule has 1 amide bonds. The Morgan fingerprint density at radius 1 is 1.54 bits per heavy atom. The van der Waals surface area contributed by atoms with E-state index in [4.69, 9.17) is 0 Å². The summed E-state index contributed by atoms with van der Waals surface area (Å²) >= 11 is 0. The lowest BCUT2D eigenvalue weighted by atomic mass is 10.0. The molecule has 1 saturated carbocycles. The molecule has 0 saturated heterocycles. The molecule has 0 aromatic heterocycles. The molecule has 0 atom stereocenters. The maximum Gasteiger partial charge on any atom is 0.242 e. The summed E-state index contributed by atoms with van der Waals surface area (Å²) in [7, 11) is 1.83. The summed E-state index contributed by atoms with van der Waals surface area (Å²) in [6, 6.07) is 0.519. The van der Waals surface area contributed by atoms with Crippen LogP contribution in [0.5, 0.6) is 0 Å². The average Bonchev–Trinajstić information content (AvgIpc) is 2.89. The first-order valence-corrected chi connectivity index (χ1v) is 5.03. The van der Waals surface area contributed by atoms with Gasteiger partial charge in [0.2, 0.25) is 5.91 Å². The summed E-state index contributed by atoms with van der Waals surface area (Å²) in [6.45, 7) is 6.73. The third kappa shape index (κ3) is 2.21. The number of hydrogen-bond donors (Lipinski definition) is 1. The minimum Gasteiger partial charge on any atom is -0.338 e. The highest BCUT2D eigenvalue weighted by atomic mass is 16.2. The molecule has 3 heteroatoms. The quantitative estimate of drug-likeness (QED) is 0.707. The number of nitrogens with zero attached hydrogens (tertiary/aromatic N) is 1. The highest BCUT2D eigenvalue weighted by molar-refractivity contribution is 5.86. The molecule has 0 unspecified atom stereocenters. The number of carbonyl (C=O) groups is 1. The van der Waals surface area contributed by atoms with Crippen molar-refractivity contribution in [2.45, 2.75) is 45.2 Å². The Balaban J connectivity index is 2.62. The largest absolute Gasteiger partial charge is 0.338 e. The number of carbonyl (C=O) groups excluding carboxylic acids is 1. The lowest BCUT2D eigenvalue weighted by Gasteiger charge is -2.31. The lowest BCUT2D eigenvalue weighted by molar-refractivity contribution is -0.137. The molecule has 3 nitrogen and oxygen atoms in total. The predicted molar refractivity (Wildman–Crippen MR) is 53.5 cm³/mol. The van der Waals surface area contributed by atoms with Crippen LogP contribution in [0.3, 0.4) is 0 Å². The molecule has 0 spiro atoms. The van der Waals surface area contributed by atoms with Crippen LogP contribution in [-0.4, -0.2) is 36.0 Å². The number of amides is 1. The van der Waals surface area contributed by atoms with Crippen LogP contribution in [0.25, 0.3) is 0 Å². The van der Waals surface area contributed by atoms with Gasteiger partial charge < -0.3 is 10.2 Å². The standard InChI is InChI=1S/C10H20N2O/c1-5-12(8-6-7-8)9(13)10(2,3)11-4/h8,11H,5-7H2,1-4H3. The van der Waals surface area contributed by atoms with Crippen LogP contribution in [0, 0.1) is 0 Å². The van der Waals surface area contributed by atoms with Gasteiger partial charge in [-0.2, -0.15) is 0 Å². The number of nitrogens with one attached hydrogen (secondary N) is 1. The van der Waals surface area contributed by atoms with Crippen LogP contribution in [0.1, 0.15) is 33.6 Å². The number of rotatable bonds is 4. The monoisotopic (exact) mass is 184 g/mol. The Kier molecular flexibility index (Phi) is 2.96. The van der Waals surface area contributed by atoms with Crippen LogP contribution >= 0.6 is 0 Å². The molecule has 0 radical (unpaired) electrons. The Hall–Kier alpha value is -0.570. The van der Waals surface area contributed by atoms with Gasteiger partial charge in [0.25, 0.3) is 0 Å². The van der Waals surface area contributed by atoms with E-state index >= 15 is 0 Å². The zero-order valence-electron chi connectivity index (χ0n) is 9.05. The zero-order chi connectivity index (χ0) is 10.1. The molecule has 0 heterocycles. The topological polar surface area (TPSA) is 32.3 Å². The maximum absolute atomic E-state index is 12.0. The van der Waals surface area contributed by atoms with Crippen molar-refractivity contribution in [2.24, 2.45) is 0 Å². The van der Waals surface area contributed by atoms with E-state index in [1.165, 1.54) is 12.8 Å². The first kappa shape index (κ1) is 10.5. The van der Waals surface area contributed by atoms with Crippen molar-refractivity contribution in [3.8, 4) is 0 Å². The van der Waals surface area contributed by atoms with Gasteiger partial charge >= 0.3 is 0 Å². The highest BCUT2D eigenvalue weighted by Crippen LogP contribution is 2.28. The van der Waals surface area contributed by atoms with Crippen LogP contribution in [0.2, 0.25) is 0 Å². The number of hydrogen-bond acceptors (Lipinski definition) is 2. The van der Waals surface area contributed by atoms with Gasteiger partial charge in [-0.1, -0.05) is 0 Å². The summed E-state index contributed by atoms with van der Waals surface area (Å²) in [6.07, 6.45) is 2.36. The molecule has 1 fully saturated rings. The molecule has 0 aromatic rings. The second-order valence-corrected chi connectivity index (χ2v) is 4.20. The van der Waals surface area contributed by atoms with Gasteiger partial charge in [0, 0.05) is 12.6 Å². The summed E-state index contributed by atoms with van der Waals surface area (Å²) in [5.74, 6) is 0.222. The summed E-state index contributed by atoms with van der Waals surface area (Å²) in [4.78, 5) is 14.0. The van der Waals surface area contributed by atoms with Gasteiger partial charge in [-0.3, -0.25) is 4.79 Å².